The van der Waals surface area contributed by atoms with Gasteiger partial charge in [0.15, 0.2) is 0 Å². The Labute approximate surface area is 124 Å². The molecule has 1 aromatic carbocycles. The van der Waals surface area contributed by atoms with Gasteiger partial charge in [-0.25, -0.2) is 0 Å². The van der Waals surface area contributed by atoms with Crippen molar-refractivity contribution < 1.29 is 0 Å². The minimum Gasteiger partial charge on any atom is -0.327 e. The maximum absolute atomic E-state index is 6.18. The van der Waals surface area contributed by atoms with E-state index in [9.17, 15) is 0 Å². The lowest BCUT2D eigenvalue weighted by molar-refractivity contribution is 0.727. The lowest BCUT2D eigenvalue weighted by Crippen LogP contribution is -2.22. The average Bonchev–Trinajstić information content (AvgIpc) is 2.76. The molecule has 2 aromatic rings. The fourth-order valence-electron chi connectivity index (χ4n) is 2.13. The van der Waals surface area contributed by atoms with Gasteiger partial charge in [0, 0.05) is 16.7 Å². The number of hydrogen-bond donors (Lipinski definition) is 1. The van der Waals surface area contributed by atoms with Crippen LogP contribution in [-0.4, -0.2) is 6.04 Å². The van der Waals surface area contributed by atoms with E-state index in [4.69, 9.17) is 5.73 Å². The van der Waals surface area contributed by atoms with Crippen LogP contribution in [0.15, 0.2) is 35.7 Å². The highest BCUT2D eigenvalue weighted by molar-refractivity contribution is 7.98. The molecule has 0 radical (unpaired) electrons. The second-order valence-electron chi connectivity index (χ2n) is 5.05. The third-order valence-electron chi connectivity index (χ3n) is 3.15. The van der Waals surface area contributed by atoms with Crippen LogP contribution in [0.4, 0.5) is 0 Å². The number of thiophene rings is 1. The molecule has 3 heteroatoms. The molecule has 0 aliphatic heterocycles. The summed E-state index contributed by atoms with van der Waals surface area (Å²) in [6.45, 7) is 6.42. The molecule has 0 aliphatic rings. The van der Waals surface area contributed by atoms with Crippen LogP contribution in [0, 0.1) is 13.8 Å². The molecule has 1 nitrogen and oxygen atoms in total. The molecule has 2 rings (SSSR count). The number of aryl methyl sites for hydroxylation is 2. The van der Waals surface area contributed by atoms with Gasteiger partial charge in [-0.3, -0.25) is 0 Å². The summed E-state index contributed by atoms with van der Waals surface area (Å²) >= 11 is 3.77. The monoisotopic (exact) mass is 291 g/mol. The third kappa shape index (κ3) is 3.85. The molecule has 2 N–H and O–H groups in total. The van der Waals surface area contributed by atoms with Crippen LogP contribution >= 0.6 is 23.1 Å². The molecule has 0 fully saturated rings. The van der Waals surface area contributed by atoms with Crippen LogP contribution < -0.4 is 5.73 Å². The number of benzene rings is 1. The van der Waals surface area contributed by atoms with E-state index in [1.165, 1.54) is 21.6 Å². The van der Waals surface area contributed by atoms with Crippen molar-refractivity contribution in [3.05, 3.63) is 57.3 Å². The van der Waals surface area contributed by atoms with Gasteiger partial charge in [0.25, 0.3) is 0 Å². The van der Waals surface area contributed by atoms with Crippen molar-refractivity contribution in [1.82, 2.24) is 0 Å². The topological polar surface area (TPSA) is 26.0 Å². The summed E-state index contributed by atoms with van der Waals surface area (Å²) in [6, 6.07) is 11.1. The first kappa shape index (κ1) is 14.6. The van der Waals surface area contributed by atoms with Gasteiger partial charge >= 0.3 is 0 Å². The molecule has 0 aliphatic carbocycles. The fraction of sp³-hybridized carbons (Fsp3) is 0.375. The molecule has 1 aromatic heterocycles. The van der Waals surface area contributed by atoms with Crippen LogP contribution in [0.3, 0.4) is 0 Å². The van der Waals surface area contributed by atoms with Crippen LogP contribution in [0.25, 0.3) is 0 Å². The zero-order chi connectivity index (χ0) is 13.8. The Kier molecular flexibility index (Phi) is 5.08. The standard InChI is InChI=1S/C16H21NS2/c1-11-5-4-6-14(9-11)10-19-16(13(3)17)15-12(2)7-8-18-15/h4-9,13,16H,10,17H2,1-3H3. The maximum Gasteiger partial charge on any atom is 0.0545 e. The molecule has 19 heavy (non-hydrogen) atoms. The first-order valence-electron chi connectivity index (χ1n) is 6.54. The largest absolute Gasteiger partial charge is 0.327 e. The highest BCUT2D eigenvalue weighted by Crippen LogP contribution is 2.38. The Morgan fingerprint density at radius 2 is 2.05 bits per heavy atom. The van der Waals surface area contributed by atoms with Crippen molar-refractivity contribution in [3.8, 4) is 0 Å². The van der Waals surface area contributed by atoms with Crippen molar-refractivity contribution in [1.29, 1.82) is 0 Å². The molecule has 1 heterocycles. The van der Waals surface area contributed by atoms with Gasteiger partial charge in [-0.05, 0) is 43.3 Å². The third-order valence-corrected chi connectivity index (χ3v) is 5.93. The van der Waals surface area contributed by atoms with E-state index in [1.54, 1.807) is 0 Å². The summed E-state index contributed by atoms with van der Waals surface area (Å²) in [5.74, 6) is 1.02. The minimum absolute atomic E-state index is 0.173. The van der Waals surface area contributed by atoms with Gasteiger partial charge in [0.1, 0.15) is 0 Å². The van der Waals surface area contributed by atoms with Gasteiger partial charge < -0.3 is 5.73 Å². The minimum atomic E-state index is 0.173. The van der Waals surface area contributed by atoms with Crippen LogP contribution in [-0.2, 0) is 5.75 Å². The molecule has 0 spiro atoms. The first-order valence-corrected chi connectivity index (χ1v) is 8.47. The van der Waals surface area contributed by atoms with Crippen LogP contribution in [0.2, 0.25) is 0 Å². The second-order valence-corrected chi connectivity index (χ2v) is 7.13. The van der Waals surface area contributed by atoms with Gasteiger partial charge in [-0.15, -0.1) is 23.1 Å². The lowest BCUT2D eigenvalue weighted by atomic mass is 10.1. The number of rotatable bonds is 5. The van der Waals surface area contributed by atoms with Gasteiger partial charge in [0.2, 0.25) is 0 Å². The van der Waals surface area contributed by atoms with E-state index >= 15 is 0 Å². The Morgan fingerprint density at radius 3 is 2.63 bits per heavy atom. The summed E-state index contributed by atoms with van der Waals surface area (Å²) < 4.78 is 0. The van der Waals surface area contributed by atoms with Crippen LogP contribution in [0.1, 0.15) is 33.7 Å². The van der Waals surface area contributed by atoms with Gasteiger partial charge in [-0.1, -0.05) is 29.8 Å². The van der Waals surface area contributed by atoms with E-state index < -0.39 is 0 Å². The molecular weight excluding hydrogens is 270 g/mol. The summed E-state index contributed by atoms with van der Waals surface area (Å²) in [7, 11) is 0. The van der Waals surface area contributed by atoms with Crippen molar-refractivity contribution in [2.45, 2.75) is 37.8 Å². The van der Waals surface area contributed by atoms with E-state index in [0.717, 1.165) is 5.75 Å². The predicted molar refractivity (Wildman–Crippen MR) is 87.9 cm³/mol. The summed E-state index contributed by atoms with van der Waals surface area (Å²) in [4.78, 5) is 1.42. The number of thioether (sulfide) groups is 1. The maximum atomic E-state index is 6.18. The lowest BCUT2D eigenvalue weighted by Gasteiger charge is -2.20. The fourth-order valence-corrected chi connectivity index (χ4v) is 4.71. The summed E-state index contributed by atoms with van der Waals surface area (Å²) in [5.41, 5.74) is 10.2. The molecular formula is C16H21NS2. The molecule has 2 atom stereocenters. The Balaban J connectivity index is 2.08. The molecule has 0 amide bonds. The Hall–Kier alpha value is -0.770. The first-order chi connectivity index (χ1) is 9.08. The van der Waals surface area contributed by atoms with Crippen molar-refractivity contribution in [3.63, 3.8) is 0 Å². The van der Waals surface area contributed by atoms with E-state index in [-0.39, 0.29) is 6.04 Å². The van der Waals surface area contributed by atoms with Crippen molar-refractivity contribution >= 4 is 23.1 Å². The summed E-state index contributed by atoms with van der Waals surface area (Å²) in [6.07, 6.45) is 0. The Bertz CT molecular complexity index is 531. The molecule has 0 bridgehead atoms. The zero-order valence-electron chi connectivity index (χ0n) is 11.7. The van der Waals surface area contributed by atoms with Gasteiger partial charge in [0.05, 0.1) is 5.25 Å². The molecule has 0 saturated carbocycles. The smallest absolute Gasteiger partial charge is 0.0545 e. The molecule has 102 valence electrons. The normalized spacial score (nSPS) is 14.3. The van der Waals surface area contributed by atoms with Crippen molar-refractivity contribution in [2.75, 3.05) is 0 Å². The second kappa shape index (κ2) is 6.60. The Morgan fingerprint density at radius 1 is 1.26 bits per heavy atom. The van der Waals surface area contributed by atoms with Crippen LogP contribution in [0.5, 0.6) is 0 Å². The van der Waals surface area contributed by atoms with Gasteiger partial charge in [-0.2, -0.15) is 0 Å². The number of nitrogens with two attached hydrogens (primary N) is 1. The predicted octanol–water partition coefficient (Wildman–Crippen LogP) is 4.69. The van der Waals surface area contributed by atoms with Crippen molar-refractivity contribution in [2.24, 2.45) is 5.73 Å². The van der Waals surface area contributed by atoms with E-state index in [0.29, 0.717) is 5.25 Å². The number of hydrogen-bond acceptors (Lipinski definition) is 3. The highest BCUT2D eigenvalue weighted by Gasteiger charge is 2.19. The average molecular weight is 291 g/mol. The zero-order valence-corrected chi connectivity index (χ0v) is 13.4. The molecule has 2 unspecified atom stereocenters. The SMILES string of the molecule is Cc1cccc(CSC(c2sccc2C)C(C)N)c1. The van der Waals surface area contributed by atoms with E-state index in [1.807, 2.05) is 23.1 Å². The summed E-state index contributed by atoms with van der Waals surface area (Å²) in [5, 5.41) is 2.55. The highest BCUT2D eigenvalue weighted by atomic mass is 32.2. The quantitative estimate of drug-likeness (QED) is 0.865. The van der Waals surface area contributed by atoms with E-state index in [2.05, 4.69) is 56.5 Å². The molecule has 0 saturated heterocycles.